The number of pyridine rings is 1. The van der Waals surface area contributed by atoms with Crippen LogP contribution in [0, 0.1) is 10.1 Å². The Morgan fingerprint density at radius 1 is 1.23 bits per heavy atom. The van der Waals surface area contributed by atoms with Crippen LogP contribution in [0.2, 0.25) is 0 Å². The number of aromatic nitrogens is 1. The van der Waals surface area contributed by atoms with Crippen LogP contribution in [-0.2, 0) is 4.74 Å². The summed E-state index contributed by atoms with van der Waals surface area (Å²) in [4.78, 5) is 17.5. The Labute approximate surface area is 178 Å². The van der Waals surface area contributed by atoms with E-state index in [2.05, 4.69) is 10.3 Å². The van der Waals surface area contributed by atoms with Crippen LogP contribution in [0.1, 0.15) is 23.5 Å². The second-order valence-corrected chi connectivity index (χ2v) is 7.18. The first-order valence-electron chi connectivity index (χ1n) is 9.40. The molecule has 3 heterocycles. The summed E-state index contributed by atoms with van der Waals surface area (Å²) in [6.07, 6.45) is 1.73. The molecule has 1 aromatic carbocycles. The minimum Gasteiger partial charge on any atom is -0.459 e. The average molecular weight is 424 g/mol. The molecule has 9 heteroatoms. The van der Waals surface area contributed by atoms with E-state index in [1.807, 2.05) is 29.2 Å². The van der Waals surface area contributed by atoms with Crippen molar-refractivity contribution >= 4 is 23.0 Å². The first-order valence-corrected chi connectivity index (χ1v) is 9.81. The lowest BCUT2D eigenvalue weighted by atomic mass is 10.0. The van der Waals surface area contributed by atoms with Gasteiger partial charge in [-0.25, -0.2) is 0 Å². The van der Waals surface area contributed by atoms with Crippen molar-refractivity contribution in [1.29, 1.82) is 0 Å². The summed E-state index contributed by atoms with van der Waals surface area (Å²) in [7, 11) is 1.64. The van der Waals surface area contributed by atoms with Crippen LogP contribution in [-0.4, -0.2) is 40.2 Å². The van der Waals surface area contributed by atoms with Gasteiger partial charge in [0.15, 0.2) is 5.11 Å². The van der Waals surface area contributed by atoms with Crippen molar-refractivity contribution in [2.45, 2.75) is 12.1 Å². The van der Waals surface area contributed by atoms with E-state index in [1.165, 1.54) is 6.07 Å². The molecule has 1 saturated heterocycles. The SMILES string of the molecule is COCCN1C(=S)N[C@@H](c2ccccn2)[C@H]1c1ccc(-c2ccccc2[N+](=O)[O-])o1. The minimum atomic E-state index is -0.411. The van der Waals surface area contributed by atoms with Crippen molar-refractivity contribution in [2.24, 2.45) is 0 Å². The molecule has 2 atom stereocenters. The number of hydrogen-bond donors (Lipinski definition) is 1. The summed E-state index contributed by atoms with van der Waals surface area (Å²) in [5.41, 5.74) is 1.25. The van der Waals surface area contributed by atoms with Gasteiger partial charge in [0, 0.05) is 25.9 Å². The first kappa shape index (κ1) is 20.0. The molecule has 0 saturated carbocycles. The second-order valence-electron chi connectivity index (χ2n) is 6.79. The van der Waals surface area contributed by atoms with Crippen molar-refractivity contribution in [3.05, 3.63) is 82.4 Å². The number of ether oxygens (including phenoxy) is 1. The van der Waals surface area contributed by atoms with Gasteiger partial charge in [-0.15, -0.1) is 0 Å². The normalized spacial score (nSPS) is 18.4. The Bertz CT molecular complexity index is 1060. The molecule has 1 N–H and O–H groups in total. The number of benzene rings is 1. The fraction of sp³-hybridized carbons (Fsp3) is 0.238. The molecule has 3 aromatic rings. The molecule has 1 aliphatic heterocycles. The molecular formula is C21H20N4O4S. The molecular weight excluding hydrogens is 404 g/mol. The van der Waals surface area contributed by atoms with E-state index in [0.29, 0.717) is 35.3 Å². The fourth-order valence-electron chi connectivity index (χ4n) is 3.64. The molecule has 1 fully saturated rings. The number of rotatable bonds is 7. The van der Waals surface area contributed by atoms with Crippen LogP contribution >= 0.6 is 12.2 Å². The number of nitrogens with zero attached hydrogens (tertiary/aromatic N) is 3. The van der Waals surface area contributed by atoms with Crippen LogP contribution in [0.5, 0.6) is 0 Å². The highest BCUT2D eigenvalue weighted by molar-refractivity contribution is 7.80. The minimum absolute atomic E-state index is 0.00372. The average Bonchev–Trinajstić information content (AvgIpc) is 3.37. The Balaban J connectivity index is 1.74. The Kier molecular flexibility index (Phi) is 5.73. The predicted molar refractivity (Wildman–Crippen MR) is 115 cm³/mol. The van der Waals surface area contributed by atoms with E-state index in [4.69, 9.17) is 21.4 Å². The summed E-state index contributed by atoms with van der Waals surface area (Å²) < 4.78 is 11.4. The van der Waals surface area contributed by atoms with E-state index in [0.717, 1.165) is 5.69 Å². The summed E-state index contributed by atoms with van der Waals surface area (Å²) in [6, 6.07) is 15.3. The lowest BCUT2D eigenvalue weighted by Gasteiger charge is -2.25. The molecule has 0 bridgehead atoms. The standard InChI is InChI=1S/C21H20N4O4S/c1-28-13-12-24-20(19(23-21(24)30)15-7-4-5-11-22-15)18-10-9-17(29-18)14-6-2-3-8-16(14)25(26)27/h2-11,19-20H,12-13H2,1H3,(H,23,30)/t19-,20+/m0/s1. The van der Waals surface area contributed by atoms with E-state index in [-0.39, 0.29) is 17.8 Å². The molecule has 0 amide bonds. The maximum Gasteiger partial charge on any atom is 0.280 e. The topological polar surface area (TPSA) is 93.7 Å². The smallest absolute Gasteiger partial charge is 0.280 e. The summed E-state index contributed by atoms with van der Waals surface area (Å²) in [5.74, 6) is 1.07. The monoisotopic (exact) mass is 424 g/mol. The molecule has 0 unspecified atom stereocenters. The Morgan fingerprint density at radius 2 is 2.03 bits per heavy atom. The molecule has 4 rings (SSSR count). The van der Waals surface area contributed by atoms with Crippen LogP contribution in [0.25, 0.3) is 11.3 Å². The molecule has 0 aliphatic carbocycles. The van der Waals surface area contributed by atoms with E-state index < -0.39 is 4.92 Å². The lowest BCUT2D eigenvalue weighted by molar-refractivity contribution is -0.384. The summed E-state index contributed by atoms with van der Waals surface area (Å²) in [6.45, 7) is 1.06. The van der Waals surface area contributed by atoms with Gasteiger partial charge in [0.05, 0.1) is 28.8 Å². The van der Waals surface area contributed by atoms with Gasteiger partial charge in [0.25, 0.3) is 5.69 Å². The third kappa shape index (κ3) is 3.77. The lowest BCUT2D eigenvalue weighted by Crippen LogP contribution is -2.32. The number of para-hydroxylation sites is 1. The number of furan rings is 1. The molecule has 1 aliphatic rings. The van der Waals surface area contributed by atoms with Gasteiger partial charge >= 0.3 is 0 Å². The molecule has 30 heavy (non-hydrogen) atoms. The number of methoxy groups -OCH3 is 1. The summed E-state index contributed by atoms with van der Waals surface area (Å²) >= 11 is 5.56. The zero-order valence-corrected chi connectivity index (χ0v) is 17.0. The highest BCUT2D eigenvalue weighted by Gasteiger charge is 2.41. The number of thiocarbonyl (C=S) groups is 1. The van der Waals surface area contributed by atoms with Crippen LogP contribution in [0.4, 0.5) is 5.69 Å². The maximum absolute atomic E-state index is 11.4. The Hall–Kier alpha value is -3.30. The Morgan fingerprint density at radius 3 is 2.77 bits per heavy atom. The van der Waals surface area contributed by atoms with Gasteiger partial charge in [-0.1, -0.05) is 18.2 Å². The number of nitrogens with one attached hydrogen (secondary N) is 1. The molecule has 0 radical (unpaired) electrons. The van der Waals surface area contributed by atoms with Gasteiger partial charge in [0.2, 0.25) is 0 Å². The third-order valence-electron chi connectivity index (χ3n) is 5.02. The zero-order chi connectivity index (χ0) is 21.1. The van der Waals surface area contributed by atoms with Crippen molar-refractivity contribution < 1.29 is 14.1 Å². The summed E-state index contributed by atoms with van der Waals surface area (Å²) in [5, 5.41) is 15.3. The van der Waals surface area contributed by atoms with Crippen molar-refractivity contribution in [3.63, 3.8) is 0 Å². The molecule has 2 aromatic heterocycles. The highest BCUT2D eigenvalue weighted by Crippen LogP contribution is 2.41. The largest absolute Gasteiger partial charge is 0.459 e. The van der Waals surface area contributed by atoms with Gasteiger partial charge in [-0.3, -0.25) is 15.1 Å². The van der Waals surface area contributed by atoms with E-state index >= 15 is 0 Å². The van der Waals surface area contributed by atoms with Gasteiger partial charge in [-0.05, 0) is 42.5 Å². The van der Waals surface area contributed by atoms with Crippen molar-refractivity contribution in [3.8, 4) is 11.3 Å². The van der Waals surface area contributed by atoms with Crippen LogP contribution in [0.15, 0.2) is 65.2 Å². The van der Waals surface area contributed by atoms with E-state index in [9.17, 15) is 10.1 Å². The van der Waals surface area contributed by atoms with Crippen molar-refractivity contribution in [2.75, 3.05) is 20.3 Å². The zero-order valence-electron chi connectivity index (χ0n) is 16.2. The number of nitro groups is 1. The number of nitro benzene ring substituents is 1. The van der Waals surface area contributed by atoms with Crippen molar-refractivity contribution in [1.82, 2.24) is 15.2 Å². The molecule has 154 valence electrons. The molecule has 0 spiro atoms. The van der Waals surface area contributed by atoms with Gasteiger partial charge in [-0.2, -0.15) is 0 Å². The fourth-order valence-corrected chi connectivity index (χ4v) is 3.97. The quantitative estimate of drug-likeness (QED) is 0.347. The molecule has 8 nitrogen and oxygen atoms in total. The van der Waals surface area contributed by atoms with Gasteiger partial charge < -0.3 is 19.4 Å². The first-order chi connectivity index (χ1) is 14.6. The third-order valence-corrected chi connectivity index (χ3v) is 5.37. The maximum atomic E-state index is 11.4. The van der Waals surface area contributed by atoms with E-state index in [1.54, 1.807) is 37.6 Å². The predicted octanol–water partition coefficient (Wildman–Crippen LogP) is 3.87. The van der Waals surface area contributed by atoms with Gasteiger partial charge in [0.1, 0.15) is 17.6 Å². The second kappa shape index (κ2) is 8.60. The number of hydrogen-bond acceptors (Lipinski definition) is 6. The van der Waals surface area contributed by atoms with Crippen LogP contribution < -0.4 is 5.32 Å². The highest BCUT2D eigenvalue weighted by atomic mass is 32.1. The van der Waals surface area contributed by atoms with Crippen LogP contribution in [0.3, 0.4) is 0 Å².